The molecule has 2 heterocycles. The smallest absolute Gasteiger partial charge is 0.341 e. The predicted octanol–water partition coefficient (Wildman–Crippen LogP) is 5.02. The van der Waals surface area contributed by atoms with Crippen LogP contribution >= 0.6 is 0 Å². The second-order valence-electron chi connectivity index (χ2n) is 9.71. The number of ether oxygens (including phenoxy) is 1. The molecule has 2 amide bonds. The highest BCUT2D eigenvalue weighted by molar-refractivity contribution is 6.02. The Morgan fingerprint density at radius 1 is 1.13 bits per heavy atom. The second kappa shape index (κ2) is 11.4. The molecule has 0 aliphatic heterocycles. The number of rotatable bonds is 9. The Morgan fingerprint density at radius 2 is 1.95 bits per heavy atom. The molecule has 4 aromatic rings. The van der Waals surface area contributed by atoms with Crippen molar-refractivity contribution in [1.29, 1.82) is 0 Å². The Kier molecular flexibility index (Phi) is 7.62. The molecule has 202 valence electrons. The van der Waals surface area contributed by atoms with Crippen LogP contribution < -0.4 is 15.4 Å². The minimum atomic E-state index is -1.10. The molecule has 0 saturated heterocycles. The molecule has 39 heavy (non-hydrogen) atoms. The Hall–Kier alpha value is -4.60. The summed E-state index contributed by atoms with van der Waals surface area (Å²) in [4.78, 5) is 41.4. The number of benzene rings is 2. The maximum Gasteiger partial charge on any atom is 0.341 e. The van der Waals surface area contributed by atoms with Crippen molar-refractivity contribution in [3.63, 3.8) is 0 Å². The van der Waals surface area contributed by atoms with Crippen LogP contribution in [0.3, 0.4) is 0 Å². The van der Waals surface area contributed by atoms with Gasteiger partial charge in [-0.1, -0.05) is 25.3 Å². The van der Waals surface area contributed by atoms with E-state index >= 15 is 0 Å². The summed E-state index contributed by atoms with van der Waals surface area (Å²) in [6.45, 7) is 1.10. The van der Waals surface area contributed by atoms with E-state index < -0.39 is 30.4 Å². The number of imidazole rings is 1. The third kappa shape index (κ3) is 5.95. The summed E-state index contributed by atoms with van der Waals surface area (Å²) in [5.74, 6) is -0.788. The standard InChI is InChI=1S/C29H30N4O6/c1-18(28(36)31-21-6-5-9-23(15-21)39-17-26(34)35)30-29(37)19-10-11-25-24(14-19)32-27(20-12-13-38-16-20)33(25)22-7-3-2-4-8-22/h5-6,9-16,18,22H,2-4,7-8,17H2,1H3,(H,30,37)(H,31,36)(H,34,35). The number of hydrogen-bond donors (Lipinski definition) is 3. The van der Waals surface area contributed by atoms with Crippen LogP contribution in [0.15, 0.2) is 65.5 Å². The second-order valence-corrected chi connectivity index (χ2v) is 9.71. The Balaban J connectivity index is 1.31. The van der Waals surface area contributed by atoms with Crippen LogP contribution in [-0.2, 0) is 9.59 Å². The van der Waals surface area contributed by atoms with Gasteiger partial charge in [0.25, 0.3) is 5.91 Å². The summed E-state index contributed by atoms with van der Waals surface area (Å²) in [7, 11) is 0. The zero-order chi connectivity index (χ0) is 27.4. The molecular formula is C29H30N4O6. The van der Waals surface area contributed by atoms with Gasteiger partial charge in [0.1, 0.15) is 23.9 Å². The number of carbonyl (C=O) groups is 3. The fourth-order valence-electron chi connectivity index (χ4n) is 4.95. The number of hydrogen-bond acceptors (Lipinski definition) is 6. The SMILES string of the molecule is CC(NC(=O)c1ccc2c(c1)nc(-c1ccoc1)n2C1CCCCC1)C(=O)Nc1cccc(OCC(=O)O)c1. The predicted molar refractivity (Wildman–Crippen MR) is 145 cm³/mol. The number of carboxylic acids is 1. The number of nitrogens with one attached hydrogen (secondary N) is 2. The highest BCUT2D eigenvalue weighted by atomic mass is 16.5. The molecule has 3 N–H and O–H groups in total. The molecule has 1 saturated carbocycles. The van der Waals surface area contributed by atoms with Crippen LogP contribution in [0, 0.1) is 0 Å². The summed E-state index contributed by atoms with van der Waals surface area (Å²) < 4.78 is 12.7. The van der Waals surface area contributed by atoms with Gasteiger partial charge in [-0.2, -0.15) is 0 Å². The average molecular weight is 531 g/mol. The number of carbonyl (C=O) groups excluding carboxylic acids is 2. The number of furan rings is 1. The maximum absolute atomic E-state index is 13.1. The van der Waals surface area contributed by atoms with Gasteiger partial charge in [-0.25, -0.2) is 9.78 Å². The average Bonchev–Trinajstić information content (AvgIpc) is 3.60. The Bertz CT molecular complexity index is 1490. The fourth-order valence-corrected chi connectivity index (χ4v) is 4.95. The summed E-state index contributed by atoms with van der Waals surface area (Å²) in [5.41, 5.74) is 3.39. The van der Waals surface area contributed by atoms with Gasteiger partial charge in [0, 0.05) is 23.4 Å². The number of fused-ring (bicyclic) bond motifs is 1. The van der Waals surface area contributed by atoms with Crippen molar-refractivity contribution in [1.82, 2.24) is 14.9 Å². The normalized spacial score (nSPS) is 14.6. The van der Waals surface area contributed by atoms with Crippen LogP contribution in [0.4, 0.5) is 5.69 Å². The van der Waals surface area contributed by atoms with E-state index in [1.54, 1.807) is 49.8 Å². The number of aliphatic carboxylic acids is 1. The van der Waals surface area contributed by atoms with E-state index in [4.69, 9.17) is 19.2 Å². The molecule has 5 rings (SSSR count). The van der Waals surface area contributed by atoms with Crippen LogP contribution in [0.2, 0.25) is 0 Å². The van der Waals surface area contributed by atoms with Crippen molar-refractivity contribution in [2.45, 2.75) is 51.1 Å². The van der Waals surface area contributed by atoms with Crippen LogP contribution in [0.1, 0.15) is 55.4 Å². The number of aromatic nitrogens is 2. The monoisotopic (exact) mass is 530 g/mol. The molecule has 0 radical (unpaired) electrons. The van der Waals surface area contributed by atoms with Crippen LogP contribution in [0.5, 0.6) is 5.75 Å². The summed E-state index contributed by atoms with van der Waals surface area (Å²) >= 11 is 0. The molecule has 2 aromatic heterocycles. The molecular weight excluding hydrogens is 500 g/mol. The molecule has 1 atom stereocenters. The summed E-state index contributed by atoms with van der Waals surface area (Å²) in [6, 6.07) is 13.2. The molecule has 0 spiro atoms. The zero-order valence-corrected chi connectivity index (χ0v) is 21.6. The lowest BCUT2D eigenvalue weighted by molar-refractivity contribution is -0.139. The molecule has 1 aliphatic rings. The minimum Gasteiger partial charge on any atom is -0.482 e. The lowest BCUT2D eigenvalue weighted by Crippen LogP contribution is -2.41. The zero-order valence-electron chi connectivity index (χ0n) is 21.6. The van der Waals surface area contributed by atoms with Gasteiger partial charge in [0.2, 0.25) is 5.91 Å². The van der Waals surface area contributed by atoms with Crippen molar-refractivity contribution in [2.24, 2.45) is 0 Å². The number of nitrogens with zero attached hydrogens (tertiary/aromatic N) is 2. The Labute approximate surface area is 225 Å². The van der Waals surface area contributed by atoms with E-state index in [9.17, 15) is 14.4 Å². The van der Waals surface area contributed by atoms with E-state index in [0.29, 0.717) is 28.6 Å². The quantitative estimate of drug-likeness (QED) is 0.276. The lowest BCUT2D eigenvalue weighted by Gasteiger charge is -2.25. The first-order valence-electron chi connectivity index (χ1n) is 13.0. The van der Waals surface area contributed by atoms with Crippen LogP contribution in [-0.4, -0.2) is 45.1 Å². The largest absolute Gasteiger partial charge is 0.482 e. The van der Waals surface area contributed by atoms with Crippen molar-refractivity contribution in [3.05, 3.63) is 66.6 Å². The molecule has 2 aromatic carbocycles. The van der Waals surface area contributed by atoms with Crippen molar-refractivity contribution in [2.75, 3.05) is 11.9 Å². The number of carboxylic acid groups (broad SMARTS) is 1. The molecule has 1 fully saturated rings. The number of anilines is 1. The highest BCUT2D eigenvalue weighted by Crippen LogP contribution is 2.36. The highest BCUT2D eigenvalue weighted by Gasteiger charge is 2.24. The third-order valence-electron chi connectivity index (χ3n) is 6.88. The number of amides is 2. The third-order valence-corrected chi connectivity index (χ3v) is 6.88. The van der Waals surface area contributed by atoms with E-state index in [1.807, 2.05) is 12.1 Å². The van der Waals surface area contributed by atoms with Gasteiger partial charge in [-0.05, 0) is 56.2 Å². The van der Waals surface area contributed by atoms with Crippen molar-refractivity contribution in [3.8, 4) is 17.1 Å². The van der Waals surface area contributed by atoms with Gasteiger partial charge in [0.15, 0.2) is 6.61 Å². The first kappa shape index (κ1) is 26.0. The first-order valence-corrected chi connectivity index (χ1v) is 13.0. The van der Waals surface area contributed by atoms with E-state index in [0.717, 1.165) is 29.7 Å². The lowest BCUT2D eigenvalue weighted by atomic mass is 9.95. The van der Waals surface area contributed by atoms with Gasteiger partial charge < -0.3 is 29.5 Å². The maximum atomic E-state index is 13.1. The molecule has 1 aliphatic carbocycles. The first-order chi connectivity index (χ1) is 18.9. The van der Waals surface area contributed by atoms with E-state index in [-0.39, 0.29) is 0 Å². The van der Waals surface area contributed by atoms with E-state index in [2.05, 4.69) is 15.2 Å². The van der Waals surface area contributed by atoms with Gasteiger partial charge in [0.05, 0.1) is 22.9 Å². The van der Waals surface area contributed by atoms with E-state index in [1.165, 1.54) is 25.3 Å². The Morgan fingerprint density at radius 3 is 2.69 bits per heavy atom. The van der Waals surface area contributed by atoms with Gasteiger partial charge in [-0.15, -0.1) is 0 Å². The van der Waals surface area contributed by atoms with Gasteiger partial charge in [-0.3, -0.25) is 9.59 Å². The van der Waals surface area contributed by atoms with Gasteiger partial charge >= 0.3 is 5.97 Å². The minimum absolute atomic E-state index is 0.308. The van der Waals surface area contributed by atoms with Crippen molar-refractivity contribution < 1.29 is 28.6 Å². The molecule has 1 unspecified atom stereocenters. The summed E-state index contributed by atoms with van der Waals surface area (Å²) in [5, 5.41) is 14.2. The van der Waals surface area contributed by atoms with Crippen molar-refractivity contribution >= 4 is 34.5 Å². The fraction of sp³-hybridized carbons (Fsp3) is 0.310. The van der Waals surface area contributed by atoms with Crippen LogP contribution in [0.25, 0.3) is 22.4 Å². The molecule has 0 bridgehead atoms. The molecule has 10 heteroatoms. The summed E-state index contributed by atoms with van der Waals surface area (Å²) in [6.07, 6.45) is 9.07. The topological polar surface area (TPSA) is 136 Å². The molecule has 10 nitrogen and oxygen atoms in total.